The highest BCUT2D eigenvalue weighted by Crippen LogP contribution is 2.07. The highest BCUT2D eigenvalue weighted by molar-refractivity contribution is 5.96. The summed E-state index contributed by atoms with van der Waals surface area (Å²) in [5, 5.41) is 3.90. The number of quaternary nitrogens is 1. The summed E-state index contributed by atoms with van der Waals surface area (Å²) >= 11 is 0. The van der Waals surface area contributed by atoms with E-state index in [2.05, 4.69) is 5.32 Å². The Morgan fingerprint density at radius 1 is 1.39 bits per heavy atom. The first-order valence-corrected chi connectivity index (χ1v) is 5.62. The molecule has 6 heteroatoms. The summed E-state index contributed by atoms with van der Waals surface area (Å²) in [4.78, 5) is 22.6. The number of carbonyl (C=O) groups excluding carboxylic acids is 2. The van der Waals surface area contributed by atoms with Gasteiger partial charge in [0, 0.05) is 12.7 Å². The summed E-state index contributed by atoms with van der Waals surface area (Å²) < 4.78 is 4.93. The molecule has 0 fully saturated rings. The lowest BCUT2D eigenvalue weighted by Crippen LogP contribution is -2.88. The van der Waals surface area contributed by atoms with E-state index < -0.39 is 18.0 Å². The van der Waals surface area contributed by atoms with Gasteiger partial charge in [-0.1, -0.05) is 30.3 Å². The molecule has 0 aliphatic rings. The van der Waals surface area contributed by atoms with E-state index in [-0.39, 0.29) is 0 Å². The number of primary amides is 1. The molecule has 98 valence electrons. The minimum Gasteiger partial charge on any atom is -0.379 e. The first-order valence-electron chi connectivity index (χ1n) is 5.62. The van der Waals surface area contributed by atoms with Crippen LogP contribution in [0.4, 0.5) is 4.79 Å². The number of urea groups is 1. The number of imide groups is 1. The Bertz CT molecular complexity index is 395. The molecule has 0 aromatic heterocycles. The van der Waals surface area contributed by atoms with Crippen LogP contribution < -0.4 is 16.4 Å². The Balaban J connectivity index is 2.75. The van der Waals surface area contributed by atoms with Crippen LogP contribution in [0, 0.1) is 0 Å². The zero-order chi connectivity index (χ0) is 13.4. The number of nitrogens with one attached hydrogen (secondary N) is 1. The zero-order valence-corrected chi connectivity index (χ0v) is 10.3. The molecule has 5 N–H and O–H groups in total. The maximum Gasteiger partial charge on any atom is 0.319 e. The summed E-state index contributed by atoms with van der Waals surface area (Å²) in [5.41, 5.74) is 5.77. The molecule has 6 nitrogen and oxygen atoms in total. The number of rotatable bonds is 6. The van der Waals surface area contributed by atoms with Gasteiger partial charge in [0.15, 0.2) is 6.04 Å². The fraction of sp³-hybridized carbons (Fsp3) is 0.333. The van der Waals surface area contributed by atoms with Crippen LogP contribution in [0.2, 0.25) is 0 Å². The summed E-state index contributed by atoms with van der Waals surface area (Å²) in [6.45, 7) is 1.13. The van der Waals surface area contributed by atoms with Crippen molar-refractivity contribution >= 4 is 11.9 Å². The van der Waals surface area contributed by atoms with Crippen LogP contribution in [0.3, 0.4) is 0 Å². The normalized spacial score (nSPS) is 11.8. The molecule has 1 rings (SSSR count). The minimum atomic E-state index is -0.846. The van der Waals surface area contributed by atoms with E-state index in [9.17, 15) is 9.59 Å². The van der Waals surface area contributed by atoms with E-state index in [1.165, 1.54) is 0 Å². The Kier molecular flexibility index (Phi) is 5.83. The number of nitrogens with two attached hydrogens (primary N) is 2. The van der Waals surface area contributed by atoms with Crippen molar-refractivity contribution in [2.45, 2.75) is 6.04 Å². The third-order valence-electron chi connectivity index (χ3n) is 2.41. The maximum absolute atomic E-state index is 11.9. The zero-order valence-electron chi connectivity index (χ0n) is 10.3. The van der Waals surface area contributed by atoms with Gasteiger partial charge in [-0.3, -0.25) is 10.1 Å². The lowest BCUT2D eigenvalue weighted by Gasteiger charge is -2.14. The highest BCUT2D eigenvalue weighted by atomic mass is 16.5. The molecule has 0 saturated heterocycles. The van der Waals surface area contributed by atoms with E-state index in [1.54, 1.807) is 12.4 Å². The van der Waals surface area contributed by atoms with Gasteiger partial charge < -0.3 is 15.8 Å². The molecule has 18 heavy (non-hydrogen) atoms. The molecule has 0 heterocycles. The molecular weight excluding hydrogens is 234 g/mol. The number of methoxy groups -OCH3 is 1. The lowest BCUT2D eigenvalue weighted by atomic mass is 10.1. The van der Waals surface area contributed by atoms with Crippen LogP contribution in [-0.4, -0.2) is 32.2 Å². The van der Waals surface area contributed by atoms with Gasteiger partial charge in [-0.25, -0.2) is 4.79 Å². The molecule has 0 unspecified atom stereocenters. The van der Waals surface area contributed by atoms with Crippen molar-refractivity contribution in [2.75, 3.05) is 20.3 Å². The van der Waals surface area contributed by atoms with Crippen molar-refractivity contribution in [3.05, 3.63) is 35.9 Å². The number of amides is 3. The largest absolute Gasteiger partial charge is 0.379 e. The Morgan fingerprint density at radius 3 is 2.61 bits per heavy atom. The van der Waals surface area contributed by atoms with Crippen molar-refractivity contribution in [1.29, 1.82) is 0 Å². The summed E-state index contributed by atoms with van der Waals surface area (Å²) in [6.07, 6.45) is 0. The molecule has 0 bridgehead atoms. The maximum atomic E-state index is 11.9. The number of carbonyl (C=O) groups is 2. The van der Waals surface area contributed by atoms with Crippen molar-refractivity contribution in [3.63, 3.8) is 0 Å². The van der Waals surface area contributed by atoms with Gasteiger partial charge in [0.1, 0.15) is 6.54 Å². The fourth-order valence-corrected chi connectivity index (χ4v) is 1.61. The Hall–Kier alpha value is -1.92. The van der Waals surface area contributed by atoms with E-state index in [4.69, 9.17) is 10.5 Å². The average molecular weight is 252 g/mol. The SMILES string of the molecule is COCC[NH2+][C@H](C(=O)NC(N)=O)c1ccccc1. The van der Waals surface area contributed by atoms with Gasteiger partial charge in [0.2, 0.25) is 0 Å². The smallest absolute Gasteiger partial charge is 0.319 e. The lowest BCUT2D eigenvalue weighted by molar-refractivity contribution is -0.684. The van der Waals surface area contributed by atoms with Crippen LogP contribution in [0.15, 0.2) is 30.3 Å². The molecule has 0 spiro atoms. The monoisotopic (exact) mass is 252 g/mol. The molecule has 0 aliphatic carbocycles. The number of ether oxygens (including phenoxy) is 1. The molecule has 0 saturated carbocycles. The molecule has 3 amide bonds. The first kappa shape index (κ1) is 14.1. The summed E-state index contributed by atoms with van der Waals surface area (Å²) in [7, 11) is 1.59. The van der Waals surface area contributed by atoms with Gasteiger partial charge in [-0.05, 0) is 0 Å². The van der Waals surface area contributed by atoms with E-state index in [0.29, 0.717) is 13.2 Å². The minimum absolute atomic E-state index is 0.426. The fourth-order valence-electron chi connectivity index (χ4n) is 1.61. The molecular formula is C12H18N3O3+. The van der Waals surface area contributed by atoms with Crippen molar-refractivity contribution in [2.24, 2.45) is 5.73 Å². The second-order valence-electron chi connectivity index (χ2n) is 3.76. The number of hydrogen-bond acceptors (Lipinski definition) is 3. The summed E-state index contributed by atoms with van der Waals surface area (Å²) in [6, 6.07) is 7.84. The van der Waals surface area contributed by atoms with Crippen LogP contribution in [0.25, 0.3) is 0 Å². The van der Waals surface area contributed by atoms with Crippen molar-refractivity contribution < 1.29 is 19.6 Å². The highest BCUT2D eigenvalue weighted by Gasteiger charge is 2.24. The number of hydrogen-bond donors (Lipinski definition) is 3. The topological polar surface area (TPSA) is 98.0 Å². The molecule has 0 aliphatic heterocycles. The quantitative estimate of drug-likeness (QED) is 0.574. The first-order chi connectivity index (χ1) is 8.65. The van der Waals surface area contributed by atoms with E-state index >= 15 is 0 Å². The van der Waals surface area contributed by atoms with Crippen molar-refractivity contribution in [1.82, 2.24) is 5.32 Å². The van der Waals surface area contributed by atoms with E-state index in [0.717, 1.165) is 5.56 Å². The standard InChI is InChI=1S/C12H17N3O3/c1-18-8-7-14-10(11(16)15-12(13)17)9-5-3-2-4-6-9/h2-6,10,14H,7-8H2,1H3,(H3,13,15,16,17)/p+1/t10-/m0/s1. The molecule has 1 aromatic rings. The predicted molar refractivity (Wildman–Crippen MR) is 65.6 cm³/mol. The van der Waals surface area contributed by atoms with Crippen LogP contribution >= 0.6 is 0 Å². The van der Waals surface area contributed by atoms with Gasteiger partial charge in [0.05, 0.1) is 6.61 Å². The van der Waals surface area contributed by atoms with Crippen LogP contribution in [0.1, 0.15) is 11.6 Å². The van der Waals surface area contributed by atoms with Crippen LogP contribution in [-0.2, 0) is 9.53 Å². The van der Waals surface area contributed by atoms with Gasteiger partial charge in [0.25, 0.3) is 5.91 Å². The molecule has 1 atom stereocenters. The van der Waals surface area contributed by atoms with E-state index in [1.807, 2.05) is 30.3 Å². The van der Waals surface area contributed by atoms with Crippen molar-refractivity contribution in [3.8, 4) is 0 Å². The molecule has 1 aromatic carbocycles. The second kappa shape index (κ2) is 7.41. The van der Waals surface area contributed by atoms with Crippen LogP contribution in [0.5, 0.6) is 0 Å². The van der Waals surface area contributed by atoms with Gasteiger partial charge in [-0.15, -0.1) is 0 Å². The molecule has 0 radical (unpaired) electrons. The van der Waals surface area contributed by atoms with Gasteiger partial charge >= 0.3 is 6.03 Å². The third-order valence-corrected chi connectivity index (χ3v) is 2.41. The van der Waals surface area contributed by atoms with Gasteiger partial charge in [-0.2, -0.15) is 0 Å². The number of benzene rings is 1. The Morgan fingerprint density at radius 2 is 2.06 bits per heavy atom. The average Bonchev–Trinajstić information content (AvgIpc) is 2.35. The second-order valence-corrected chi connectivity index (χ2v) is 3.76. The summed E-state index contributed by atoms with van der Waals surface area (Å²) in [5.74, 6) is -0.426. The Labute approximate surface area is 105 Å². The third kappa shape index (κ3) is 4.52. The predicted octanol–water partition coefficient (Wildman–Crippen LogP) is -0.868.